The molecular weight excluding hydrogens is 363 g/mol. The smallest absolute Gasteiger partial charge is 0.140 e. The lowest BCUT2D eigenvalue weighted by atomic mass is 9.86. The second-order valence-electron chi connectivity index (χ2n) is 7.63. The number of aromatic amines is 1. The standard InChI is InChI=1S/C22H20F3N3/c23-14-9-13-10-15(5-6-16(13)19(25)11-14)28-8-7-20-21(12-28)27-22(26-20)17-3-1-2-4-18(17)24/h1-4,9,11,15H,5-8,10,12H2,(H,26,27). The molecule has 6 heteroatoms. The Morgan fingerprint density at radius 3 is 2.75 bits per heavy atom. The zero-order valence-electron chi connectivity index (χ0n) is 15.3. The minimum atomic E-state index is -0.513. The fourth-order valence-electron chi connectivity index (χ4n) is 4.50. The number of halogens is 3. The van der Waals surface area contributed by atoms with Crippen LogP contribution in [-0.4, -0.2) is 27.5 Å². The molecule has 0 bridgehead atoms. The zero-order chi connectivity index (χ0) is 19.3. The summed E-state index contributed by atoms with van der Waals surface area (Å²) in [4.78, 5) is 10.2. The molecule has 1 unspecified atom stereocenters. The van der Waals surface area contributed by atoms with Gasteiger partial charge in [0.25, 0.3) is 0 Å². The van der Waals surface area contributed by atoms with Gasteiger partial charge in [0.2, 0.25) is 0 Å². The van der Waals surface area contributed by atoms with Crippen LogP contribution in [0.1, 0.15) is 28.9 Å². The highest BCUT2D eigenvalue weighted by Gasteiger charge is 2.30. The number of rotatable bonds is 2. The third-order valence-electron chi connectivity index (χ3n) is 5.94. The normalized spacial score (nSPS) is 19.3. The quantitative estimate of drug-likeness (QED) is 0.711. The van der Waals surface area contributed by atoms with Crippen LogP contribution in [0.15, 0.2) is 36.4 Å². The number of nitrogens with zero attached hydrogens (tertiary/aromatic N) is 2. The van der Waals surface area contributed by atoms with E-state index in [0.717, 1.165) is 42.4 Å². The van der Waals surface area contributed by atoms with E-state index in [0.29, 0.717) is 36.3 Å². The largest absolute Gasteiger partial charge is 0.340 e. The summed E-state index contributed by atoms with van der Waals surface area (Å²) in [5.74, 6) is -0.681. The summed E-state index contributed by atoms with van der Waals surface area (Å²) in [5, 5.41) is 0. The van der Waals surface area contributed by atoms with Crippen molar-refractivity contribution in [1.82, 2.24) is 14.9 Å². The Morgan fingerprint density at radius 2 is 1.89 bits per heavy atom. The predicted octanol–water partition coefficient (Wildman–Crippen LogP) is 4.41. The third-order valence-corrected chi connectivity index (χ3v) is 5.94. The van der Waals surface area contributed by atoms with Gasteiger partial charge < -0.3 is 4.98 Å². The van der Waals surface area contributed by atoms with E-state index in [-0.39, 0.29) is 11.9 Å². The molecule has 0 amide bonds. The van der Waals surface area contributed by atoms with Crippen molar-refractivity contribution in [2.24, 2.45) is 0 Å². The minimum absolute atomic E-state index is 0.238. The van der Waals surface area contributed by atoms with E-state index in [9.17, 15) is 13.2 Å². The lowest BCUT2D eigenvalue weighted by Crippen LogP contribution is -2.42. The van der Waals surface area contributed by atoms with Crippen LogP contribution in [-0.2, 0) is 25.8 Å². The molecule has 0 saturated carbocycles. The second kappa shape index (κ2) is 6.78. The Bertz CT molecular complexity index is 1040. The summed E-state index contributed by atoms with van der Waals surface area (Å²) < 4.78 is 41.7. The first-order chi connectivity index (χ1) is 13.6. The van der Waals surface area contributed by atoms with Gasteiger partial charge in [-0.15, -0.1) is 0 Å². The number of nitrogens with one attached hydrogen (secondary N) is 1. The molecule has 1 aliphatic heterocycles. The average molecular weight is 383 g/mol. The van der Waals surface area contributed by atoms with E-state index < -0.39 is 11.6 Å². The topological polar surface area (TPSA) is 31.9 Å². The summed E-state index contributed by atoms with van der Waals surface area (Å²) >= 11 is 0. The third kappa shape index (κ3) is 3.02. The number of fused-ring (bicyclic) bond motifs is 2. The molecule has 0 spiro atoms. The fourth-order valence-corrected chi connectivity index (χ4v) is 4.50. The van der Waals surface area contributed by atoms with E-state index >= 15 is 0 Å². The maximum absolute atomic E-state index is 14.1. The Kier molecular flexibility index (Phi) is 4.23. The Morgan fingerprint density at radius 1 is 1.04 bits per heavy atom. The Labute approximate surface area is 161 Å². The van der Waals surface area contributed by atoms with Gasteiger partial charge in [0.15, 0.2) is 0 Å². The fraction of sp³-hybridized carbons (Fsp3) is 0.318. The summed E-state index contributed by atoms with van der Waals surface area (Å²) in [6.07, 6.45) is 2.90. The lowest BCUT2D eigenvalue weighted by molar-refractivity contribution is 0.160. The molecule has 1 aromatic heterocycles. The molecule has 0 radical (unpaired) electrons. The van der Waals surface area contributed by atoms with Crippen molar-refractivity contribution in [3.05, 3.63) is 76.4 Å². The molecule has 3 aromatic rings. The number of benzene rings is 2. The molecule has 5 rings (SSSR count). The van der Waals surface area contributed by atoms with Crippen LogP contribution in [0.3, 0.4) is 0 Å². The van der Waals surface area contributed by atoms with Crippen molar-refractivity contribution in [3.8, 4) is 11.4 Å². The Balaban J connectivity index is 1.37. The first-order valence-electron chi connectivity index (χ1n) is 9.62. The van der Waals surface area contributed by atoms with Gasteiger partial charge in [-0.05, 0) is 48.6 Å². The molecule has 2 aromatic carbocycles. The highest BCUT2D eigenvalue weighted by atomic mass is 19.1. The van der Waals surface area contributed by atoms with Crippen molar-refractivity contribution in [2.45, 2.75) is 38.3 Å². The number of aromatic nitrogens is 2. The highest BCUT2D eigenvalue weighted by Crippen LogP contribution is 2.31. The van der Waals surface area contributed by atoms with Crippen molar-refractivity contribution >= 4 is 0 Å². The van der Waals surface area contributed by atoms with Gasteiger partial charge in [-0.2, -0.15) is 0 Å². The van der Waals surface area contributed by atoms with Crippen LogP contribution in [0.4, 0.5) is 13.2 Å². The molecule has 2 heterocycles. The van der Waals surface area contributed by atoms with E-state index in [2.05, 4.69) is 14.9 Å². The van der Waals surface area contributed by atoms with E-state index in [4.69, 9.17) is 0 Å². The van der Waals surface area contributed by atoms with Gasteiger partial charge in [-0.1, -0.05) is 12.1 Å². The van der Waals surface area contributed by atoms with Gasteiger partial charge >= 0.3 is 0 Å². The van der Waals surface area contributed by atoms with Crippen LogP contribution in [0.2, 0.25) is 0 Å². The lowest BCUT2D eigenvalue weighted by Gasteiger charge is -2.37. The van der Waals surface area contributed by atoms with Gasteiger partial charge in [-0.3, -0.25) is 4.90 Å². The van der Waals surface area contributed by atoms with Gasteiger partial charge in [-0.25, -0.2) is 18.2 Å². The molecule has 1 N–H and O–H groups in total. The van der Waals surface area contributed by atoms with Crippen LogP contribution >= 0.6 is 0 Å². The monoisotopic (exact) mass is 383 g/mol. The zero-order valence-corrected chi connectivity index (χ0v) is 15.3. The van der Waals surface area contributed by atoms with Crippen LogP contribution in [0.25, 0.3) is 11.4 Å². The van der Waals surface area contributed by atoms with Crippen LogP contribution in [0.5, 0.6) is 0 Å². The summed E-state index contributed by atoms with van der Waals surface area (Å²) in [7, 11) is 0. The minimum Gasteiger partial charge on any atom is -0.340 e. The SMILES string of the molecule is Fc1cc(F)c2c(c1)CC(N1CCc3nc(-c4ccccc4F)[nH]c3C1)CC2. The molecular formula is C22H20F3N3. The van der Waals surface area contributed by atoms with Gasteiger partial charge in [0.05, 0.1) is 17.0 Å². The molecule has 1 atom stereocenters. The van der Waals surface area contributed by atoms with Crippen molar-refractivity contribution < 1.29 is 13.2 Å². The number of imidazole rings is 1. The van der Waals surface area contributed by atoms with Gasteiger partial charge in [0, 0.05) is 31.6 Å². The van der Waals surface area contributed by atoms with Crippen molar-refractivity contribution in [3.63, 3.8) is 0 Å². The first kappa shape index (κ1) is 17.5. The molecule has 0 saturated heterocycles. The predicted molar refractivity (Wildman–Crippen MR) is 100 cm³/mol. The summed E-state index contributed by atoms with van der Waals surface area (Å²) in [5.41, 5.74) is 3.87. The molecule has 1 aliphatic carbocycles. The molecule has 28 heavy (non-hydrogen) atoms. The number of hydrogen-bond acceptors (Lipinski definition) is 2. The highest BCUT2D eigenvalue weighted by molar-refractivity contribution is 5.57. The first-order valence-corrected chi connectivity index (χ1v) is 9.62. The summed E-state index contributed by atoms with van der Waals surface area (Å²) in [6.45, 7) is 1.53. The molecule has 0 fully saturated rings. The summed E-state index contributed by atoms with van der Waals surface area (Å²) in [6, 6.07) is 9.29. The van der Waals surface area contributed by atoms with Crippen LogP contribution < -0.4 is 0 Å². The molecule has 2 aliphatic rings. The van der Waals surface area contributed by atoms with Crippen molar-refractivity contribution in [1.29, 1.82) is 0 Å². The van der Waals surface area contributed by atoms with Gasteiger partial charge in [0.1, 0.15) is 23.3 Å². The van der Waals surface area contributed by atoms with E-state index in [1.807, 2.05) is 0 Å². The average Bonchev–Trinajstić information content (AvgIpc) is 3.10. The molecule has 144 valence electrons. The van der Waals surface area contributed by atoms with E-state index in [1.165, 1.54) is 12.1 Å². The van der Waals surface area contributed by atoms with Crippen molar-refractivity contribution in [2.75, 3.05) is 6.54 Å². The second-order valence-corrected chi connectivity index (χ2v) is 7.63. The van der Waals surface area contributed by atoms with E-state index in [1.54, 1.807) is 18.2 Å². The molecule has 3 nitrogen and oxygen atoms in total. The maximum atomic E-state index is 14.1. The number of hydrogen-bond donors (Lipinski definition) is 1. The maximum Gasteiger partial charge on any atom is 0.140 e. The number of H-pyrrole nitrogens is 1. The Hall–Kier alpha value is -2.60. The van der Waals surface area contributed by atoms with Crippen LogP contribution in [0, 0.1) is 17.5 Å².